The standard InChI is InChI=1S/C16H23N3O2.ClH/c1-3-19(4-2)14(20)12-6-8-13(9-7-12)18-15(21)16(17)10-5-11-16;/h6-9H,3-5,10-11,17H2,1-2H3,(H,18,21);1H. The summed E-state index contributed by atoms with van der Waals surface area (Å²) in [6.07, 6.45) is 2.47. The second-order valence-corrected chi connectivity index (χ2v) is 5.52. The average Bonchev–Trinajstić information content (AvgIpc) is 2.46. The van der Waals surface area contributed by atoms with Gasteiger partial charge in [-0.1, -0.05) is 0 Å². The molecule has 0 radical (unpaired) electrons. The molecule has 2 rings (SSSR count). The summed E-state index contributed by atoms with van der Waals surface area (Å²) >= 11 is 0. The Morgan fingerprint density at radius 2 is 1.73 bits per heavy atom. The molecule has 0 aromatic heterocycles. The number of hydrogen-bond donors (Lipinski definition) is 2. The lowest BCUT2D eigenvalue weighted by Gasteiger charge is -2.36. The van der Waals surface area contributed by atoms with Crippen LogP contribution in [0, 0.1) is 0 Å². The van der Waals surface area contributed by atoms with Gasteiger partial charge in [0.05, 0.1) is 5.54 Å². The third kappa shape index (κ3) is 3.78. The van der Waals surface area contributed by atoms with Crippen molar-refractivity contribution in [2.45, 2.75) is 38.6 Å². The summed E-state index contributed by atoms with van der Waals surface area (Å²) in [5.41, 5.74) is 6.56. The molecule has 1 aromatic carbocycles. The molecular weight excluding hydrogens is 302 g/mol. The lowest BCUT2D eigenvalue weighted by Crippen LogP contribution is -2.56. The van der Waals surface area contributed by atoms with Crippen molar-refractivity contribution in [3.8, 4) is 0 Å². The number of amides is 2. The maximum atomic E-state index is 12.2. The number of halogens is 1. The minimum Gasteiger partial charge on any atom is -0.339 e. The largest absolute Gasteiger partial charge is 0.339 e. The zero-order valence-electron chi connectivity index (χ0n) is 13.1. The molecule has 3 N–H and O–H groups in total. The van der Waals surface area contributed by atoms with Gasteiger partial charge in [-0.15, -0.1) is 12.4 Å². The zero-order valence-corrected chi connectivity index (χ0v) is 13.9. The first-order valence-corrected chi connectivity index (χ1v) is 7.50. The fraction of sp³-hybridized carbons (Fsp3) is 0.500. The van der Waals surface area contributed by atoms with Crippen LogP contribution in [0.3, 0.4) is 0 Å². The Bertz CT molecular complexity index is 523. The van der Waals surface area contributed by atoms with Crippen LogP contribution in [0.15, 0.2) is 24.3 Å². The van der Waals surface area contributed by atoms with Crippen LogP contribution in [-0.4, -0.2) is 35.3 Å². The van der Waals surface area contributed by atoms with Crippen molar-refractivity contribution in [3.63, 3.8) is 0 Å². The van der Waals surface area contributed by atoms with Gasteiger partial charge in [0, 0.05) is 24.3 Å². The van der Waals surface area contributed by atoms with Crippen LogP contribution in [0.4, 0.5) is 5.69 Å². The van der Waals surface area contributed by atoms with Gasteiger partial charge in [0.2, 0.25) is 5.91 Å². The quantitative estimate of drug-likeness (QED) is 0.873. The molecule has 6 heteroatoms. The second-order valence-electron chi connectivity index (χ2n) is 5.52. The summed E-state index contributed by atoms with van der Waals surface area (Å²) in [5.74, 6) is -0.135. The van der Waals surface area contributed by atoms with Crippen LogP contribution in [0.2, 0.25) is 0 Å². The third-order valence-electron chi connectivity index (χ3n) is 4.14. The molecule has 1 aliphatic carbocycles. The second kappa shape index (κ2) is 7.61. The SMILES string of the molecule is CCN(CC)C(=O)c1ccc(NC(=O)C2(N)CCC2)cc1.Cl. The number of carbonyl (C=O) groups excluding carboxylic acids is 2. The van der Waals surface area contributed by atoms with Crippen LogP contribution in [0.25, 0.3) is 0 Å². The zero-order chi connectivity index (χ0) is 15.5. The van der Waals surface area contributed by atoms with Crippen LogP contribution >= 0.6 is 12.4 Å². The first kappa shape index (κ1) is 18.5. The highest BCUT2D eigenvalue weighted by molar-refractivity contribution is 5.99. The van der Waals surface area contributed by atoms with E-state index in [2.05, 4.69) is 5.32 Å². The normalized spacial score (nSPS) is 15.2. The van der Waals surface area contributed by atoms with Crippen molar-refractivity contribution in [2.24, 2.45) is 5.73 Å². The predicted molar refractivity (Wildman–Crippen MR) is 90.3 cm³/mol. The number of carbonyl (C=O) groups is 2. The van der Waals surface area contributed by atoms with Gasteiger partial charge in [-0.2, -0.15) is 0 Å². The smallest absolute Gasteiger partial charge is 0.253 e. The molecular formula is C16H24ClN3O2. The summed E-state index contributed by atoms with van der Waals surface area (Å²) < 4.78 is 0. The van der Waals surface area contributed by atoms with Crippen molar-refractivity contribution in [2.75, 3.05) is 18.4 Å². The van der Waals surface area contributed by atoms with E-state index in [9.17, 15) is 9.59 Å². The highest BCUT2D eigenvalue weighted by atomic mass is 35.5. The number of rotatable bonds is 5. The molecule has 0 atom stereocenters. The van der Waals surface area contributed by atoms with E-state index >= 15 is 0 Å². The molecule has 0 spiro atoms. The number of nitrogens with two attached hydrogens (primary N) is 1. The molecule has 22 heavy (non-hydrogen) atoms. The number of nitrogens with one attached hydrogen (secondary N) is 1. The molecule has 1 aliphatic rings. The van der Waals surface area contributed by atoms with Gasteiger partial charge < -0.3 is 16.0 Å². The van der Waals surface area contributed by atoms with Crippen molar-refractivity contribution < 1.29 is 9.59 Å². The maximum Gasteiger partial charge on any atom is 0.253 e. The van der Waals surface area contributed by atoms with Crippen molar-refractivity contribution in [1.82, 2.24) is 4.90 Å². The first-order valence-electron chi connectivity index (χ1n) is 7.50. The van der Waals surface area contributed by atoms with Gasteiger partial charge in [-0.3, -0.25) is 9.59 Å². The van der Waals surface area contributed by atoms with Gasteiger partial charge in [0.25, 0.3) is 5.91 Å². The molecule has 0 bridgehead atoms. The van der Waals surface area contributed by atoms with E-state index < -0.39 is 5.54 Å². The summed E-state index contributed by atoms with van der Waals surface area (Å²) in [7, 11) is 0. The average molecular weight is 326 g/mol. The van der Waals surface area contributed by atoms with E-state index in [1.165, 1.54) is 0 Å². The topological polar surface area (TPSA) is 75.4 Å². The van der Waals surface area contributed by atoms with E-state index in [-0.39, 0.29) is 24.2 Å². The monoisotopic (exact) mass is 325 g/mol. The highest BCUT2D eigenvalue weighted by Gasteiger charge is 2.40. The van der Waals surface area contributed by atoms with E-state index in [0.717, 1.165) is 19.3 Å². The number of nitrogens with zero attached hydrogens (tertiary/aromatic N) is 1. The minimum atomic E-state index is -0.713. The Labute approximate surface area is 137 Å². The minimum absolute atomic E-state index is 0. The molecule has 1 aromatic rings. The summed E-state index contributed by atoms with van der Waals surface area (Å²) in [6.45, 7) is 5.28. The van der Waals surface area contributed by atoms with Crippen LogP contribution in [0.5, 0.6) is 0 Å². The molecule has 5 nitrogen and oxygen atoms in total. The van der Waals surface area contributed by atoms with Gasteiger partial charge in [-0.25, -0.2) is 0 Å². The molecule has 122 valence electrons. The summed E-state index contributed by atoms with van der Waals surface area (Å²) in [6, 6.07) is 6.97. The Morgan fingerprint density at radius 3 is 2.14 bits per heavy atom. The van der Waals surface area contributed by atoms with Gasteiger partial charge in [0.1, 0.15) is 0 Å². The first-order chi connectivity index (χ1) is 10.00. The molecule has 1 fully saturated rings. The van der Waals surface area contributed by atoms with Gasteiger partial charge in [0.15, 0.2) is 0 Å². The van der Waals surface area contributed by atoms with Gasteiger partial charge in [-0.05, 0) is 57.4 Å². The van der Waals surface area contributed by atoms with E-state index in [1.807, 2.05) is 13.8 Å². The van der Waals surface area contributed by atoms with Crippen LogP contribution < -0.4 is 11.1 Å². The maximum absolute atomic E-state index is 12.2. The van der Waals surface area contributed by atoms with Crippen molar-refractivity contribution in [3.05, 3.63) is 29.8 Å². The number of benzene rings is 1. The third-order valence-corrected chi connectivity index (χ3v) is 4.14. The molecule has 0 heterocycles. The Balaban J connectivity index is 0.00000242. The number of hydrogen-bond acceptors (Lipinski definition) is 3. The lowest BCUT2D eigenvalue weighted by atomic mass is 9.77. The molecule has 0 unspecified atom stereocenters. The molecule has 2 amide bonds. The molecule has 1 saturated carbocycles. The van der Waals surface area contributed by atoms with Crippen molar-refractivity contribution in [1.29, 1.82) is 0 Å². The van der Waals surface area contributed by atoms with Crippen LogP contribution in [-0.2, 0) is 4.79 Å². The van der Waals surface area contributed by atoms with Crippen molar-refractivity contribution >= 4 is 29.9 Å². The highest BCUT2D eigenvalue weighted by Crippen LogP contribution is 2.30. The fourth-order valence-corrected chi connectivity index (χ4v) is 2.43. The Hall–Kier alpha value is -1.59. The van der Waals surface area contributed by atoms with E-state index in [0.29, 0.717) is 24.3 Å². The summed E-state index contributed by atoms with van der Waals surface area (Å²) in [5, 5.41) is 2.82. The van der Waals surface area contributed by atoms with E-state index in [4.69, 9.17) is 5.73 Å². The Kier molecular flexibility index (Phi) is 6.38. The van der Waals surface area contributed by atoms with Crippen LogP contribution in [0.1, 0.15) is 43.5 Å². The predicted octanol–water partition coefficient (Wildman–Crippen LogP) is 2.41. The number of anilines is 1. The van der Waals surface area contributed by atoms with Gasteiger partial charge >= 0.3 is 0 Å². The molecule has 0 saturated heterocycles. The molecule has 0 aliphatic heterocycles. The van der Waals surface area contributed by atoms with E-state index in [1.54, 1.807) is 29.2 Å². The summed E-state index contributed by atoms with van der Waals surface area (Å²) in [4.78, 5) is 26.0. The fourth-order valence-electron chi connectivity index (χ4n) is 2.43. The lowest BCUT2D eigenvalue weighted by molar-refractivity contribution is -0.123. The Morgan fingerprint density at radius 1 is 1.18 bits per heavy atom.